The number of hydrogen-bond acceptors (Lipinski definition) is 3. The Morgan fingerprint density at radius 1 is 1.21 bits per heavy atom. The lowest BCUT2D eigenvalue weighted by molar-refractivity contribution is -0.153. The van der Waals surface area contributed by atoms with Crippen LogP contribution in [-0.2, 0) is 9.59 Å². The molecule has 6 nitrogen and oxygen atoms in total. The van der Waals surface area contributed by atoms with Crippen LogP contribution in [0.25, 0.3) is 0 Å². The summed E-state index contributed by atoms with van der Waals surface area (Å²) in [5, 5.41) is 14.9. The standard InChI is InChI=1S/C17H21ClN2O4/c1-19-15(22)12-6-5-11(9-13(12)18)20-14(21)10-17(16(23)24)7-3-2-4-8-17/h5-6,9H,2-4,7-8,10H2,1H3,(H,19,22)(H,20,21)(H,23,24). The summed E-state index contributed by atoms with van der Waals surface area (Å²) in [6.07, 6.45) is 3.64. The van der Waals surface area contributed by atoms with Gasteiger partial charge in [-0.05, 0) is 31.0 Å². The number of carboxylic acid groups (broad SMARTS) is 1. The van der Waals surface area contributed by atoms with E-state index in [1.807, 2.05) is 0 Å². The van der Waals surface area contributed by atoms with E-state index in [1.165, 1.54) is 19.2 Å². The summed E-state index contributed by atoms with van der Waals surface area (Å²) in [5.74, 6) is -1.58. The highest BCUT2D eigenvalue weighted by atomic mass is 35.5. The van der Waals surface area contributed by atoms with Crippen molar-refractivity contribution in [1.82, 2.24) is 5.32 Å². The van der Waals surface area contributed by atoms with Gasteiger partial charge in [-0.15, -0.1) is 0 Å². The van der Waals surface area contributed by atoms with Gasteiger partial charge in [-0.25, -0.2) is 0 Å². The average molecular weight is 353 g/mol. The first-order valence-corrected chi connectivity index (χ1v) is 8.31. The minimum absolute atomic E-state index is 0.0584. The molecule has 0 bridgehead atoms. The van der Waals surface area contributed by atoms with Gasteiger partial charge in [0.15, 0.2) is 0 Å². The van der Waals surface area contributed by atoms with Crippen LogP contribution in [0.4, 0.5) is 5.69 Å². The van der Waals surface area contributed by atoms with E-state index in [4.69, 9.17) is 11.6 Å². The van der Waals surface area contributed by atoms with E-state index >= 15 is 0 Å². The van der Waals surface area contributed by atoms with Crippen molar-refractivity contribution in [3.8, 4) is 0 Å². The van der Waals surface area contributed by atoms with Crippen LogP contribution in [0.15, 0.2) is 18.2 Å². The maximum atomic E-state index is 12.3. The molecule has 0 atom stereocenters. The zero-order valence-electron chi connectivity index (χ0n) is 13.5. The average Bonchev–Trinajstić information content (AvgIpc) is 2.55. The molecular formula is C17H21ClN2O4. The third kappa shape index (κ3) is 4.06. The van der Waals surface area contributed by atoms with Gasteiger partial charge in [0.2, 0.25) is 5.91 Å². The molecule has 1 aliphatic carbocycles. The fourth-order valence-electron chi connectivity index (χ4n) is 3.12. The molecule has 1 aromatic carbocycles. The van der Waals surface area contributed by atoms with Crippen molar-refractivity contribution in [3.63, 3.8) is 0 Å². The van der Waals surface area contributed by atoms with Crippen LogP contribution in [0.5, 0.6) is 0 Å². The molecule has 0 heterocycles. The van der Waals surface area contributed by atoms with Crippen molar-refractivity contribution < 1.29 is 19.5 Å². The summed E-state index contributed by atoms with van der Waals surface area (Å²) in [7, 11) is 1.50. The van der Waals surface area contributed by atoms with Crippen LogP contribution >= 0.6 is 11.6 Å². The van der Waals surface area contributed by atoms with Crippen LogP contribution in [0, 0.1) is 5.41 Å². The Hall–Kier alpha value is -2.08. The lowest BCUT2D eigenvalue weighted by Crippen LogP contribution is -2.37. The van der Waals surface area contributed by atoms with Gasteiger partial charge in [0, 0.05) is 19.2 Å². The Kier molecular flexibility index (Phi) is 5.83. The van der Waals surface area contributed by atoms with Crippen molar-refractivity contribution in [3.05, 3.63) is 28.8 Å². The fraction of sp³-hybridized carbons (Fsp3) is 0.471. The number of rotatable bonds is 5. The van der Waals surface area contributed by atoms with E-state index in [-0.39, 0.29) is 23.3 Å². The first-order valence-electron chi connectivity index (χ1n) is 7.93. The molecule has 2 amide bonds. The van der Waals surface area contributed by atoms with E-state index in [2.05, 4.69) is 10.6 Å². The van der Waals surface area contributed by atoms with E-state index in [0.717, 1.165) is 19.3 Å². The number of amides is 2. The van der Waals surface area contributed by atoms with Crippen molar-refractivity contribution in [2.45, 2.75) is 38.5 Å². The molecule has 130 valence electrons. The lowest BCUT2D eigenvalue weighted by atomic mass is 9.71. The van der Waals surface area contributed by atoms with Crippen LogP contribution in [0.2, 0.25) is 5.02 Å². The van der Waals surface area contributed by atoms with Gasteiger partial charge in [-0.1, -0.05) is 30.9 Å². The fourth-order valence-corrected chi connectivity index (χ4v) is 3.39. The Morgan fingerprint density at radius 3 is 2.42 bits per heavy atom. The number of carbonyl (C=O) groups is 3. The Bertz CT molecular complexity index is 654. The van der Waals surface area contributed by atoms with Crippen LogP contribution in [-0.4, -0.2) is 29.9 Å². The molecule has 1 fully saturated rings. The predicted molar refractivity (Wildman–Crippen MR) is 91.2 cm³/mol. The second kappa shape index (κ2) is 7.66. The maximum Gasteiger partial charge on any atom is 0.310 e. The SMILES string of the molecule is CNC(=O)c1ccc(NC(=O)CC2(C(=O)O)CCCCC2)cc1Cl. The molecule has 1 aromatic rings. The Balaban J connectivity index is 2.07. The Labute approximate surface area is 145 Å². The van der Waals surface area contributed by atoms with E-state index in [9.17, 15) is 19.5 Å². The normalized spacial score (nSPS) is 16.2. The van der Waals surface area contributed by atoms with Gasteiger partial charge in [-0.3, -0.25) is 14.4 Å². The monoisotopic (exact) mass is 352 g/mol. The highest BCUT2D eigenvalue weighted by Crippen LogP contribution is 2.39. The molecule has 7 heteroatoms. The number of nitrogens with one attached hydrogen (secondary N) is 2. The van der Waals surface area contributed by atoms with Crippen LogP contribution < -0.4 is 10.6 Å². The number of carbonyl (C=O) groups excluding carboxylic acids is 2. The van der Waals surface area contributed by atoms with Gasteiger partial charge in [-0.2, -0.15) is 0 Å². The molecule has 0 radical (unpaired) electrons. The molecule has 0 spiro atoms. The van der Waals surface area contributed by atoms with Crippen molar-refractivity contribution in [2.24, 2.45) is 5.41 Å². The number of anilines is 1. The third-order valence-corrected chi connectivity index (χ3v) is 4.80. The molecule has 24 heavy (non-hydrogen) atoms. The van der Waals surface area contributed by atoms with Crippen LogP contribution in [0.3, 0.4) is 0 Å². The minimum Gasteiger partial charge on any atom is -0.481 e. The number of benzene rings is 1. The maximum absolute atomic E-state index is 12.3. The molecular weight excluding hydrogens is 332 g/mol. The molecule has 1 saturated carbocycles. The number of aliphatic carboxylic acids is 1. The number of hydrogen-bond donors (Lipinski definition) is 3. The molecule has 0 saturated heterocycles. The lowest BCUT2D eigenvalue weighted by Gasteiger charge is -2.32. The highest BCUT2D eigenvalue weighted by molar-refractivity contribution is 6.34. The van der Waals surface area contributed by atoms with E-state index in [1.54, 1.807) is 6.07 Å². The molecule has 2 rings (SSSR count). The van der Waals surface area contributed by atoms with Crippen molar-refractivity contribution >= 4 is 35.1 Å². The summed E-state index contributed by atoms with van der Waals surface area (Å²) < 4.78 is 0. The third-order valence-electron chi connectivity index (χ3n) is 4.49. The first-order chi connectivity index (χ1) is 11.4. The van der Waals surface area contributed by atoms with Gasteiger partial charge >= 0.3 is 5.97 Å². The van der Waals surface area contributed by atoms with Gasteiger partial charge in [0.1, 0.15) is 0 Å². The topological polar surface area (TPSA) is 95.5 Å². The van der Waals surface area contributed by atoms with Gasteiger partial charge < -0.3 is 15.7 Å². The molecule has 1 aliphatic rings. The number of halogens is 1. The van der Waals surface area contributed by atoms with Crippen LogP contribution in [0.1, 0.15) is 48.9 Å². The molecule has 0 aromatic heterocycles. The second-order valence-corrected chi connectivity index (χ2v) is 6.55. The van der Waals surface area contributed by atoms with Gasteiger partial charge in [0.05, 0.1) is 16.0 Å². The zero-order valence-corrected chi connectivity index (χ0v) is 14.3. The van der Waals surface area contributed by atoms with Crippen molar-refractivity contribution in [1.29, 1.82) is 0 Å². The predicted octanol–water partition coefficient (Wildman–Crippen LogP) is 3.06. The summed E-state index contributed by atoms with van der Waals surface area (Å²) in [6.45, 7) is 0. The molecule has 0 unspecified atom stereocenters. The summed E-state index contributed by atoms with van der Waals surface area (Å²) >= 11 is 6.05. The molecule has 3 N–H and O–H groups in total. The quantitative estimate of drug-likeness (QED) is 0.758. The summed E-state index contributed by atoms with van der Waals surface area (Å²) in [4.78, 5) is 35.5. The minimum atomic E-state index is -0.978. The van der Waals surface area contributed by atoms with E-state index in [0.29, 0.717) is 24.1 Å². The largest absolute Gasteiger partial charge is 0.481 e. The van der Waals surface area contributed by atoms with E-state index < -0.39 is 11.4 Å². The summed E-state index contributed by atoms with van der Waals surface area (Å²) in [6, 6.07) is 4.57. The smallest absolute Gasteiger partial charge is 0.310 e. The molecule has 0 aliphatic heterocycles. The Morgan fingerprint density at radius 2 is 1.88 bits per heavy atom. The highest BCUT2D eigenvalue weighted by Gasteiger charge is 2.41. The van der Waals surface area contributed by atoms with Gasteiger partial charge in [0.25, 0.3) is 5.91 Å². The zero-order chi connectivity index (χ0) is 17.7. The second-order valence-electron chi connectivity index (χ2n) is 6.14. The number of carboxylic acids is 1. The first kappa shape index (κ1) is 18.3. The van der Waals surface area contributed by atoms with Crippen molar-refractivity contribution in [2.75, 3.05) is 12.4 Å². The summed E-state index contributed by atoms with van der Waals surface area (Å²) in [5.41, 5.74) is -0.228.